The molecular weight excluding hydrogens is 184 g/mol. The largest absolute Gasteiger partial charge is 0.495 e. The molecule has 0 radical (unpaired) electrons. The van der Waals surface area contributed by atoms with Crippen molar-refractivity contribution in [1.82, 2.24) is 0 Å². The minimum absolute atomic E-state index is 0.486. The zero-order chi connectivity index (χ0) is 10.6. The van der Waals surface area contributed by atoms with Crippen molar-refractivity contribution in [2.75, 3.05) is 25.3 Å². The highest BCUT2D eigenvalue weighted by molar-refractivity contribution is 5.87. The van der Waals surface area contributed by atoms with Crippen LogP contribution in [0.4, 0.5) is 16.2 Å². The van der Waals surface area contributed by atoms with Crippen LogP contribution in [0, 0.1) is 0 Å². The molecule has 0 aliphatic heterocycles. The van der Waals surface area contributed by atoms with Gasteiger partial charge in [-0.2, -0.15) is 0 Å². The lowest BCUT2D eigenvalue weighted by Gasteiger charge is -2.09. The van der Waals surface area contributed by atoms with Gasteiger partial charge in [-0.1, -0.05) is 0 Å². The molecule has 1 rings (SSSR count). The fourth-order valence-corrected chi connectivity index (χ4v) is 0.984. The fourth-order valence-electron chi connectivity index (χ4n) is 0.984. The highest BCUT2D eigenvalue weighted by Crippen LogP contribution is 2.26. The lowest BCUT2D eigenvalue weighted by atomic mass is 10.2. The molecule has 0 saturated carbocycles. The molecule has 0 aliphatic rings. The van der Waals surface area contributed by atoms with Crippen LogP contribution in [0.3, 0.4) is 0 Å². The molecule has 0 atom stereocenters. The molecule has 5 nitrogen and oxygen atoms in total. The van der Waals surface area contributed by atoms with Gasteiger partial charge in [-0.3, -0.25) is 5.32 Å². The van der Waals surface area contributed by atoms with Crippen molar-refractivity contribution in [2.45, 2.75) is 0 Å². The Morgan fingerprint density at radius 3 is 2.71 bits per heavy atom. The molecule has 0 bridgehead atoms. The van der Waals surface area contributed by atoms with Gasteiger partial charge in [-0.15, -0.1) is 0 Å². The monoisotopic (exact) mass is 196 g/mol. The summed E-state index contributed by atoms with van der Waals surface area (Å²) in [6.07, 6.45) is -0.561. The third kappa shape index (κ3) is 2.29. The van der Waals surface area contributed by atoms with Crippen molar-refractivity contribution in [1.29, 1.82) is 0 Å². The number of benzene rings is 1. The molecule has 1 amide bonds. The van der Waals surface area contributed by atoms with E-state index in [-0.39, 0.29) is 0 Å². The van der Waals surface area contributed by atoms with Crippen molar-refractivity contribution in [3.8, 4) is 5.75 Å². The number of hydrogen-bond acceptors (Lipinski definition) is 4. The van der Waals surface area contributed by atoms with Crippen LogP contribution in [-0.2, 0) is 4.74 Å². The number of carbonyl (C=O) groups excluding carboxylic acids is 1. The number of ether oxygens (including phenoxy) is 2. The lowest BCUT2D eigenvalue weighted by molar-refractivity contribution is 0.187. The van der Waals surface area contributed by atoms with Crippen molar-refractivity contribution < 1.29 is 14.3 Å². The number of nitrogens with one attached hydrogen (secondary N) is 1. The number of hydrogen-bond donors (Lipinski definition) is 2. The number of nitrogen functional groups attached to an aromatic ring is 1. The summed E-state index contributed by atoms with van der Waals surface area (Å²) in [5.41, 5.74) is 6.58. The van der Waals surface area contributed by atoms with Crippen LogP contribution in [0.5, 0.6) is 5.75 Å². The molecule has 0 fully saturated rings. The first-order valence-electron chi connectivity index (χ1n) is 3.96. The molecule has 14 heavy (non-hydrogen) atoms. The van der Waals surface area contributed by atoms with Gasteiger partial charge >= 0.3 is 6.09 Å². The van der Waals surface area contributed by atoms with E-state index >= 15 is 0 Å². The van der Waals surface area contributed by atoms with Gasteiger partial charge in [-0.05, 0) is 18.2 Å². The van der Waals surface area contributed by atoms with E-state index in [0.717, 1.165) is 0 Å². The molecule has 0 spiro atoms. The number of methoxy groups -OCH3 is 2. The number of carbonyl (C=O) groups is 1. The van der Waals surface area contributed by atoms with Crippen LogP contribution in [0.25, 0.3) is 0 Å². The Hall–Kier alpha value is -1.91. The Kier molecular flexibility index (Phi) is 3.17. The van der Waals surface area contributed by atoms with Crippen LogP contribution in [0.1, 0.15) is 0 Å². The number of nitrogens with two attached hydrogens (primary N) is 1. The maximum atomic E-state index is 10.9. The second kappa shape index (κ2) is 4.36. The molecule has 0 unspecified atom stereocenters. The second-order valence-electron chi connectivity index (χ2n) is 2.58. The zero-order valence-corrected chi connectivity index (χ0v) is 8.03. The molecule has 5 heteroatoms. The normalized spacial score (nSPS) is 9.29. The average molecular weight is 196 g/mol. The molecular formula is C9H12N2O3. The molecule has 0 aromatic heterocycles. The molecule has 1 aromatic carbocycles. The summed E-state index contributed by atoms with van der Waals surface area (Å²) in [5, 5.41) is 2.49. The summed E-state index contributed by atoms with van der Waals surface area (Å²) in [4.78, 5) is 10.9. The summed E-state index contributed by atoms with van der Waals surface area (Å²) in [6, 6.07) is 4.94. The highest BCUT2D eigenvalue weighted by Gasteiger charge is 2.06. The predicted octanol–water partition coefficient (Wildman–Crippen LogP) is 1.46. The quantitative estimate of drug-likeness (QED) is 0.702. The minimum Gasteiger partial charge on any atom is -0.495 e. The summed E-state index contributed by atoms with van der Waals surface area (Å²) in [6.45, 7) is 0. The summed E-state index contributed by atoms with van der Waals surface area (Å²) >= 11 is 0. The molecule has 0 saturated heterocycles. The Bertz CT molecular complexity index is 339. The van der Waals surface area contributed by atoms with Crippen molar-refractivity contribution in [2.24, 2.45) is 0 Å². The van der Waals surface area contributed by atoms with Gasteiger partial charge in [0.15, 0.2) is 0 Å². The fraction of sp³-hybridized carbons (Fsp3) is 0.222. The lowest BCUT2D eigenvalue weighted by Crippen LogP contribution is -2.11. The number of anilines is 2. The van der Waals surface area contributed by atoms with Gasteiger partial charge in [0, 0.05) is 5.69 Å². The van der Waals surface area contributed by atoms with Gasteiger partial charge in [0.25, 0.3) is 0 Å². The van der Waals surface area contributed by atoms with Crippen LogP contribution < -0.4 is 15.8 Å². The van der Waals surface area contributed by atoms with E-state index in [1.54, 1.807) is 18.2 Å². The van der Waals surface area contributed by atoms with Crippen molar-refractivity contribution in [3.63, 3.8) is 0 Å². The summed E-state index contributed by atoms with van der Waals surface area (Å²) < 4.78 is 9.47. The van der Waals surface area contributed by atoms with Crippen LogP contribution in [0.15, 0.2) is 18.2 Å². The Morgan fingerprint density at radius 1 is 1.43 bits per heavy atom. The van der Waals surface area contributed by atoms with Crippen LogP contribution in [-0.4, -0.2) is 20.3 Å². The van der Waals surface area contributed by atoms with Crippen LogP contribution >= 0.6 is 0 Å². The van der Waals surface area contributed by atoms with Crippen molar-refractivity contribution >= 4 is 17.5 Å². The van der Waals surface area contributed by atoms with E-state index in [9.17, 15) is 4.79 Å². The molecule has 0 heterocycles. The van der Waals surface area contributed by atoms with E-state index < -0.39 is 6.09 Å². The first kappa shape index (κ1) is 10.2. The Labute approximate surface area is 81.8 Å². The second-order valence-corrected chi connectivity index (χ2v) is 2.58. The minimum atomic E-state index is -0.561. The first-order valence-corrected chi connectivity index (χ1v) is 3.96. The number of amides is 1. The zero-order valence-electron chi connectivity index (χ0n) is 8.03. The van der Waals surface area contributed by atoms with Gasteiger partial charge in [0.2, 0.25) is 0 Å². The molecule has 3 N–H and O–H groups in total. The van der Waals surface area contributed by atoms with E-state index in [0.29, 0.717) is 17.1 Å². The van der Waals surface area contributed by atoms with E-state index in [4.69, 9.17) is 10.5 Å². The van der Waals surface area contributed by atoms with Gasteiger partial charge in [0.1, 0.15) is 5.75 Å². The Balaban J connectivity index is 2.93. The smallest absolute Gasteiger partial charge is 0.411 e. The standard InChI is InChI=1S/C9H12N2O3/c1-13-8-4-3-6(10)5-7(8)11-9(12)14-2/h3-5H,10H2,1-2H3,(H,11,12). The summed E-state index contributed by atoms with van der Waals surface area (Å²) in [7, 11) is 2.79. The van der Waals surface area contributed by atoms with Gasteiger partial charge in [-0.25, -0.2) is 4.79 Å². The third-order valence-electron chi connectivity index (χ3n) is 1.65. The first-order chi connectivity index (χ1) is 6.67. The molecule has 1 aromatic rings. The van der Waals surface area contributed by atoms with Gasteiger partial charge in [0.05, 0.1) is 19.9 Å². The van der Waals surface area contributed by atoms with Crippen LogP contribution in [0.2, 0.25) is 0 Å². The molecule has 0 aliphatic carbocycles. The van der Waals surface area contributed by atoms with E-state index in [1.807, 2.05) is 0 Å². The molecule has 76 valence electrons. The van der Waals surface area contributed by atoms with Crippen molar-refractivity contribution in [3.05, 3.63) is 18.2 Å². The third-order valence-corrected chi connectivity index (χ3v) is 1.65. The Morgan fingerprint density at radius 2 is 2.14 bits per heavy atom. The maximum absolute atomic E-state index is 10.9. The van der Waals surface area contributed by atoms with E-state index in [2.05, 4.69) is 10.1 Å². The van der Waals surface area contributed by atoms with Gasteiger partial charge < -0.3 is 15.2 Å². The average Bonchev–Trinajstić information content (AvgIpc) is 2.18. The topological polar surface area (TPSA) is 73.6 Å². The maximum Gasteiger partial charge on any atom is 0.411 e. The van der Waals surface area contributed by atoms with E-state index in [1.165, 1.54) is 14.2 Å². The SMILES string of the molecule is COC(=O)Nc1cc(N)ccc1OC. The predicted molar refractivity (Wildman–Crippen MR) is 53.4 cm³/mol. The highest BCUT2D eigenvalue weighted by atomic mass is 16.5. The summed E-state index contributed by atoms with van der Waals surface area (Å²) in [5.74, 6) is 0.532. The number of rotatable bonds is 2.